The minimum Gasteiger partial charge on any atom is -0.296 e. The Morgan fingerprint density at radius 2 is 1.89 bits per heavy atom. The fourth-order valence-corrected chi connectivity index (χ4v) is 3.74. The molecule has 10 heteroatoms. The number of halogens is 3. The van der Waals surface area contributed by atoms with Gasteiger partial charge in [0.05, 0.1) is 27.9 Å². The Balaban J connectivity index is 1.49. The van der Waals surface area contributed by atoms with Crippen molar-refractivity contribution in [1.82, 2.24) is 10.4 Å². The van der Waals surface area contributed by atoms with Crippen LogP contribution in [-0.2, 0) is 15.8 Å². The quantitative estimate of drug-likeness (QED) is 0.512. The molecule has 0 aliphatic carbocycles. The molecule has 1 aromatic heterocycles. The number of carbonyl (C=O) groups excluding carboxylic acids is 2. The number of carbonyl (C=O) groups is 2. The maximum absolute atomic E-state index is 12.9. The molecule has 1 fully saturated rings. The van der Waals surface area contributed by atoms with Gasteiger partial charge in [-0.3, -0.25) is 15.0 Å². The number of para-hydroxylation sites is 1. The summed E-state index contributed by atoms with van der Waals surface area (Å²) in [6.45, 7) is 0. The summed E-state index contributed by atoms with van der Waals surface area (Å²) >= 11 is 1.36. The van der Waals surface area contributed by atoms with E-state index in [4.69, 9.17) is 0 Å². The standard InChI is InChI=1S/C18H13F3N4O2S/c19-18(20,21)10-4-3-5-11(8-10)25-15(26)9-13(16(25)27)23-24-17-22-12-6-1-2-7-14(12)28-17/h1-8,13,23H,9H2,(H,22,24)/t13-/m1/s1. The van der Waals surface area contributed by atoms with E-state index >= 15 is 0 Å². The Bertz CT molecular complexity index is 1030. The average molecular weight is 406 g/mol. The Morgan fingerprint density at radius 1 is 1.11 bits per heavy atom. The lowest BCUT2D eigenvalue weighted by Crippen LogP contribution is -2.41. The van der Waals surface area contributed by atoms with Crippen LogP contribution in [0.3, 0.4) is 0 Å². The van der Waals surface area contributed by atoms with Crippen molar-refractivity contribution in [3.63, 3.8) is 0 Å². The van der Waals surface area contributed by atoms with Gasteiger partial charge < -0.3 is 0 Å². The minimum absolute atomic E-state index is 0.103. The molecule has 2 aromatic carbocycles. The van der Waals surface area contributed by atoms with E-state index in [1.165, 1.54) is 23.5 Å². The van der Waals surface area contributed by atoms with Gasteiger partial charge in [-0.1, -0.05) is 29.5 Å². The third-order valence-electron chi connectivity index (χ3n) is 4.23. The van der Waals surface area contributed by atoms with E-state index in [2.05, 4.69) is 15.8 Å². The maximum atomic E-state index is 12.9. The molecule has 28 heavy (non-hydrogen) atoms. The van der Waals surface area contributed by atoms with E-state index in [-0.39, 0.29) is 12.1 Å². The number of alkyl halides is 3. The molecule has 0 spiro atoms. The lowest BCUT2D eigenvalue weighted by Gasteiger charge is -2.17. The fraction of sp³-hybridized carbons (Fsp3) is 0.167. The highest BCUT2D eigenvalue weighted by Crippen LogP contribution is 2.33. The van der Waals surface area contributed by atoms with Gasteiger partial charge in [-0.05, 0) is 30.3 Å². The molecule has 144 valence electrons. The van der Waals surface area contributed by atoms with E-state index in [0.717, 1.165) is 27.2 Å². The number of aromatic nitrogens is 1. The first-order valence-corrected chi connectivity index (χ1v) is 9.06. The largest absolute Gasteiger partial charge is 0.416 e. The molecule has 2 amide bonds. The summed E-state index contributed by atoms with van der Waals surface area (Å²) in [6, 6.07) is 10.7. The normalized spacial score (nSPS) is 17.5. The lowest BCUT2D eigenvalue weighted by atomic mass is 10.2. The van der Waals surface area contributed by atoms with E-state index in [1.54, 1.807) is 0 Å². The van der Waals surface area contributed by atoms with Crippen molar-refractivity contribution in [2.45, 2.75) is 18.6 Å². The van der Waals surface area contributed by atoms with Crippen LogP contribution < -0.4 is 15.8 Å². The van der Waals surface area contributed by atoms with Crippen molar-refractivity contribution in [2.24, 2.45) is 0 Å². The maximum Gasteiger partial charge on any atom is 0.416 e. The van der Waals surface area contributed by atoms with Crippen molar-refractivity contribution in [1.29, 1.82) is 0 Å². The molecule has 1 saturated heterocycles. The number of nitrogens with one attached hydrogen (secondary N) is 2. The number of amides is 2. The molecule has 0 unspecified atom stereocenters. The Labute approximate surface area is 160 Å². The molecule has 1 atom stereocenters. The van der Waals surface area contributed by atoms with Crippen LogP contribution in [0.5, 0.6) is 0 Å². The van der Waals surface area contributed by atoms with Gasteiger partial charge in [0, 0.05) is 0 Å². The minimum atomic E-state index is -4.56. The Hall–Kier alpha value is -2.98. The van der Waals surface area contributed by atoms with Crippen LogP contribution in [0.4, 0.5) is 24.0 Å². The van der Waals surface area contributed by atoms with Crippen LogP contribution in [0.1, 0.15) is 12.0 Å². The van der Waals surface area contributed by atoms with Crippen LogP contribution in [0.25, 0.3) is 10.2 Å². The molecule has 2 heterocycles. The first-order chi connectivity index (χ1) is 13.3. The second-order valence-corrected chi connectivity index (χ2v) is 7.16. The number of nitrogens with zero attached hydrogens (tertiary/aromatic N) is 2. The van der Waals surface area contributed by atoms with Crippen LogP contribution in [0.2, 0.25) is 0 Å². The highest BCUT2D eigenvalue weighted by Gasteiger charge is 2.40. The van der Waals surface area contributed by atoms with Gasteiger partial charge in [0.1, 0.15) is 6.04 Å². The smallest absolute Gasteiger partial charge is 0.296 e. The van der Waals surface area contributed by atoms with Gasteiger partial charge in [-0.15, -0.1) is 0 Å². The van der Waals surface area contributed by atoms with Crippen molar-refractivity contribution >= 4 is 44.2 Å². The van der Waals surface area contributed by atoms with Gasteiger partial charge in [-0.2, -0.15) is 13.2 Å². The zero-order valence-corrected chi connectivity index (χ0v) is 15.0. The summed E-state index contributed by atoms with van der Waals surface area (Å²) in [6.07, 6.45) is -4.74. The number of imide groups is 1. The third-order valence-corrected chi connectivity index (χ3v) is 5.18. The van der Waals surface area contributed by atoms with Gasteiger partial charge in [0.25, 0.3) is 5.91 Å². The molecule has 3 aromatic rings. The van der Waals surface area contributed by atoms with Crippen molar-refractivity contribution in [2.75, 3.05) is 10.3 Å². The summed E-state index contributed by atoms with van der Waals surface area (Å²) in [5.41, 5.74) is 5.32. The first kappa shape index (κ1) is 18.4. The summed E-state index contributed by atoms with van der Waals surface area (Å²) in [7, 11) is 0. The second kappa shape index (κ2) is 6.88. The molecule has 0 radical (unpaired) electrons. The van der Waals surface area contributed by atoms with E-state index in [0.29, 0.717) is 5.13 Å². The number of benzene rings is 2. The Morgan fingerprint density at radius 3 is 2.64 bits per heavy atom. The average Bonchev–Trinajstić information content (AvgIpc) is 3.19. The predicted octanol–water partition coefficient (Wildman–Crippen LogP) is 3.56. The van der Waals surface area contributed by atoms with Gasteiger partial charge in [-0.25, -0.2) is 15.3 Å². The molecule has 1 aliphatic heterocycles. The van der Waals surface area contributed by atoms with Crippen molar-refractivity contribution in [3.8, 4) is 0 Å². The van der Waals surface area contributed by atoms with Crippen LogP contribution in [0, 0.1) is 0 Å². The predicted molar refractivity (Wildman–Crippen MR) is 98.7 cm³/mol. The molecular weight excluding hydrogens is 393 g/mol. The lowest BCUT2D eigenvalue weighted by molar-refractivity contribution is -0.137. The van der Waals surface area contributed by atoms with Crippen LogP contribution in [0.15, 0.2) is 48.5 Å². The Kier molecular flexibility index (Phi) is 4.52. The number of thiazole rings is 1. The molecule has 6 nitrogen and oxygen atoms in total. The molecule has 0 bridgehead atoms. The van der Waals surface area contributed by atoms with Gasteiger partial charge in [0.15, 0.2) is 5.13 Å². The number of hydrogen-bond acceptors (Lipinski definition) is 6. The fourth-order valence-electron chi connectivity index (χ4n) is 2.91. The zero-order chi connectivity index (χ0) is 19.9. The summed E-state index contributed by atoms with van der Waals surface area (Å²) in [4.78, 5) is 29.9. The topological polar surface area (TPSA) is 74.3 Å². The summed E-state index contributed by atoms with van der Waals surface area (Å²) in [5.74, 6) is -1.20. The molecule has 0 saturated carbocycles. The van der Waals surface area contributed by atoms with Crippen molar-refractivity contribution in [3.05, 3.63) is 54.1 Å². The molecule has 2 N–H and O–H groups in total. The van der Waals surface area contributed by atoms with Crippen LogP contribution in [-0.4, -0.2) is 22.8 Å². The number of anilines is 2. The SMILES string of the molecule is O=C1C[C@@H](NNc2nc3ccccc3s2)C(=O)N1c1cccc(C(F)(F)F)c1. The third kappa shape index (κ3) is 3.43. The van der Waals surface area contributed by atoms with E-state index in [9.17, 15) is 22.8 Å². The monoisotopic (exact) mass is 406 g/mol. The number of hydrogen-bond donors (Lipinski definition) is 2. The van der Waals surface area contributed by atoms with Crippen molar-refractivity contribution < 1.29 is 22.8 Å². The second-order valence-electron chi connectivity index (χ2n) is 6.13. The molecular formula is C18H13F3N4O2S. The van der Waals surface area contributed by atoms with Crippen LogP contribution >= 0.6 is 11.3 Å². The number of rotatable bonds is 4. The summed E-state index contributed by atoms with van der Waals surface area (Å²) in [5, 5.41) is 0.513. The molecule has 1 aliphatic rings. The van der Waals surface area contributed by atoms with E-state index < -0.39 is 29.6 Å². The highest BCUT2D eigenvalue weighted by molar-refractivity contribution is 7.22. The highest BCUT2D eigenvalue weighted by atomic mass is 32.1. The molecule has 4 rings (SSSR count). The van der Waals surface area contributed by atoms with E-state index in [1.807, 2.05) is 24.3 Å². The first-order valence-electron chi connectivity index (χ1n) is 8.24. The van der Waals surface area contributed by atoms with Gasteiger partial charge >= 0.3 is 6.18 Å². The van der Waals surface area contributed by atoms with Gasteiger partial charge in [0.2, 0.25) is 5.91 Å². The zero-order valence-electron chi connectivity index (χ0n) is 14.2. The number of hydrazine groups is 1. The summed E-state index contributed by atoms with van der Waals surface area (Å²) < 4.78 is 39.7. The number of fused-ring (bicyclic) bond motifs is 1.